The number of carbonyl (C=O) groups excluding carboxylic acids is 1. The van der Waals surface area contributed by atoms with E-state index in [0.29, 0.717) is 29.3 Å². The Hall–Kier alpha value is -3.04. The molecule has 6 heteroatoms. The number of benzene rings is 2. The van der Waals surface area contributed by atoms with Crippen LogP contribution in [0.1, 0.15) is 23.6 Å². The third-order valence-electron chi connectivity index (χ3n) is 4.56. The Morgan fingerprint density at radius 1 is 1.22 bits per heavy atom. The fraction of sp³-hybridized carbons (Fsp3) is 0.333. The number of nitrogens with zero attached hydrogens (tertiary/aromatic N) is 2. The number of hydrogen-bond acceptors (Lipinski definition) is 5. The smallest absolute Gasteiger partial charge is 0.241 e. The van der Waals surface area contributed by atoms with Gasteiger partial charge in [0.1, 0.15) is 0 Å². The van der Waals surface area contributed by atoms with Crippen LogP contribution in [0, 0.1) is 18.3 Å². The van der Waals surface area contributed by atoms with Crippen molar-refractivity contribution < 1.29 is 14.3 Å². The molecule has 27 heavy (non-hydrogen) atoms. The molecule has 0 bridgehead atoms. The largest absolute Gasteiger partial charge is 0.493 e. The number of amides is 1. The molecule has 0 unspecified atom stereocenters. The minimum absolute atomic E-state index is 0.134. The van der Waals surface area contributed by atoms with Crippen LogP contribution in [0.2, 0.25) is 0 Å². The number of nitriles is 1. The molecule has 6 nitrogen and oxygen atoms in total. The molecular formula is C21H25N3O3. The number of aryl methyl sites for hydroxylation is 1. The SMILES string of the molecule is COc1cc(C)c(CN(C)[C@H](C)C(=O)Nc2cccc(C#N)c2)cc1OC. The van der Waals surface area contributed by atoms with Gasteiger partial charge in [0.15, 0.2) is 11.5 Å². The van der Waals surface area contributed by atoms with Gasteiger partial charge in [0, 0.05) is 12.2 Å². The van der Waals surface area contributed by atoms with Crippen molar-refractivity contribution >= 4 is 11.6 Å². The number of ether oxygens (including phenoxy) is 2. The average molecular weight is 367 g/mol. The van der Waals surface area contributed by atoms with Crippen LogP contribution in [0.5, 0.6) is 11.5 Å². The summed E-state index contributed by atoms with van der Waals surface area (Å²) in [6.07, 6.45) is 0. The number of nitrogens with one attached hydrogen (secondary N) is 1. The number of rotatable bonds is 7. The van der Waals surface area contributed by atoms with Gasteiger partial charge in [-0.3, -0.25) is 9.69 Å². The summed E-state index contributed by atoms with van der Waals surface area (Å²) < 4.78 is 10.7. The molecule has 2 aromatic rings. The van der Waals surface area contributed by atoms with E-state index < -0.39 is 0 Å². The van der Waals surface area contributed by atoms with Crippen molar-refractivity contribution in [1.29, 1.82) is 5.26 Å². The molecule has 1 amide bonds. The third-order valence-corrected chi connectivity index (χ3v) is 4.56. The Kier molecular flexibility index (Phi) is 6.80. The molecule has 0 aliphatic heterocycles. The van der Waals surface area contributed by atoms with Gasteiger partial charge in [-0.05, 0) is 62.4 Å². The molecule has 1 atom stereocenters. The van der Waals surface area contributed by atoms with Gasteiger partial charge in [0.25, 0.3) is 0 Å². The molecule has 2 rings (SSSR count). The number of hydrogen-bond donors (Lipinski definition) is 1. The van der Waals surface area contributed by atoms with Crippen LogP contribution >= 0.6 is 0 Å². The Balaban J connectivity index is 2.09. The molecule has 0 spiro atoms. The first kappa shape index (κ1) is 20.3. The van der Waals surface area contributed by atoms with Crippen molar-refractivity contribution in [3.8, 4) is 17.6 Å². The second-order valence-electron chi connectivity index (χ2n) is 6.41. The molecule has 0 aliphatic carbocycles. The van der Waals surface area contributed by atoms with Crippen LogP contribution in [0.4, 0.5) is 5.69 Å². The molecule has 142 valence electrons. The molecular weight excluding hydrogens is 342 g/mol. The topological polar surface area (TPSA) is 74.6 Å². The monoisotopic (exact) mass is 367 g/mol. The zero-order valence-corrected chi connectivity index (χ0v) is 16.4. The number of likely N-dealkylation sites (N-methyl/N-ethyl adjacent to an activating group) is 1. The van der Waals surface area contributed by atoms with Crippen LogP contribution in [0.15, 0.2) is 36.4 Å². The minimum atomic E-state index is -0.358. The van der Waals surface area contributed by atoms with Crippen molar-refractivity contribution in [3.63, 3.8) is 0 Å². The number of carbonyl (C=O) groups is 1. The Morgan fingerprint density at radius 3 is 2.52 bits per heavy atom. The summed E-state index contributed by atoms with van der Waals surface area (Å²) in [5.41, 5.74) is 3.24. The molecule has 0 fully saturated rings. The van der Waals surface area contributed by atoms with E-state index in [-0.39, 0.29) is 11.9 Å². The van der Waals surface area contributed by atoms with E-state index >= 15 is 0 Å². The summed E-state index contributed by atoms with van der Waals surface area (Å²) in [6.45, 7) is 4.43. The van der Waals surface area contributed by atoms with Crippen LogP contribution in [0.25, 0.3) is 0 Å². The highest BCUT2D eigenvalue weighted by Gasteiger charge is 2.20. The zero-order chi connectivity index (χ0) is 20.0. The van der Waals surface area contributed by atoms with E-state index in [4.69, 9.17) is 14.7 Å². The quantitative estimate of drug-likeness (QED) is 0.812. The van der Waals surface area contributed by atoms with Crippen molar-refractivity contribution in [2.75, 3.05) is 26.6 Å². The highest BCUT2D eigenvalue weighted by Crippen LogP contribution is 2.30. The second kappa shape index (κ2) is 9.06. The lowest BCUT2D eigenvalue weighted by Crippen LogP contribution is -2.39. The molecule has 0 saturated heterocycles. The highest BCUT2D eigenvalue weighted by atomic mass is 16.5. The molecule has 0 aromatic heterocycles. The molecule has 0 heterocycles. The van der Waals surface area contributed by atoms with Gasteiger partial charge in [-0.25, -0.2) is 0 Å². The second-order valence-corrected chi connectivity index (χ2v) is 6.41. The summed E-state index contributed by atoms with van der Waals surface area (Å²) in [4.78, 5) is 14.5. The van der Waals surface area contributed by atoms with E-state index in [1.165, 1.54) is 0 Å². The fourth-order valence-electron chi connectivity index (χ4n) is 2.71. The molecule has 0 saturated carbocycles. The fourth-order valence-corrected chi connectivity index (χ4v) is 2.71. The third kappa shape index (κ3) is 4.99. The maximum atomic E-state index is 12.6. The van der Waals surface area contributed by atoms with Crippen molar-refractivity contribution in [2.24, 2.45) is 0 Å². The predicted molar refractivity (Wildman–Crippen MR) is 105 cm³/mol. The molecule has 0 aliphatic rings. The molecule has 1 N–H and O–H groups in total. The standard InChI is InChI=1S/C21H25N3O3/c1-14-9-19(26-4)20(27-5)11-17(14)13-24(3)15(2)21(25)23-18-8-6-7-16(10-18)12-22/h6-11,15H,13H2,1-5H3,(H,23,25)/t15-/m1/s1. The van der Waals surface area contributed by atoms with E-state index in [2.05, 4.69) is 11.4 Å². The molecule has 2 aromatic carbocycles. The Bertz CT molecular complexity index is 858. The number of anilines is 1. The average Bonchev–Trinajstić information content (AvgIpc) is 2.68. The zero-order valence-electron chi connectivity index (χ0n) is 16.4. The number of methoxy groups -OCH3 is 2. The van der Waals surface area contributed by atoms with Crippen LogP contribution in [0.3, 0.4) is 0 Å². The van der Waals surface area contributed by atoms with Gasteiger partial charge in [-0.15, -0.1) is 0 Å². The van der Waals surface area contributed by atoms with Crippen molar-refractivity contribution in [2.45, 2.75) is 26.4 Å². The predicted octanol–water partition coefficient (Wildman–Crippen LogP) is 3.34. The van der Waals surface area contributed by atoms with Gasteiger partial charge in [-0.1, -0.05) is 6.07 Å². The van der Waals surface area contributed by atoms with Gasteiger partial charge in [-0.2, -0.15) is 5.26 Å². The van der Waals surface area contributed by atoms with Crippen LogP contribution in [-0.2, 0) is 11.3 Å². The van der Waals surface area contributed by atoms with E-state index in [1.807, 2.05) is 37.9 Å². The van der Waals surface area contributed by atoms with Crippen molar-refractivity contribution in [3.05, 3.63) is 53.1 Å². The summed E-state index contributed by atoms with van der Waals surface area (Å²) in [5, 5.41) is 11.8. The summed E-state index contributed by atoms with van der Waals surface area (Å²) >= 11 is 0. The van der Waals surface area contributed by atoms with E-state index in [1.54, 1.807) is 38.5 Å². The van der Waals surface area contributed by atoms with Crippen LogP contribution < -0.4 is 14.8 Å². The van der Waals surface area contributed by atoms with E-state index in [0.717, 1.165) is 11.1 Å². The minimum Gasteiger partial charge on any atom is -0.493 e. The van der Waals surface area contributed by atoms with Crippen LogP contribution in [-0.4, -0.2) is 38.1 Å². The summed E-state index contributed by atoms with van der Waals surface area (Å²) in [5.74, 6) is 1.22. The first-order valence-corrected chi connectivity index (χ1v) is 8.62. The summed E-state index contributed by atoms with van der Waals surface area (Å²) in [6, 6.07) is 12.4. The highest BCUT2D eigenvalue weighted by molar-refractivity contribution is 5.94. The van der Waals surface area contributed by atoms with Gasteiger partial charge < -0.3 is 14.8 Å². The summed E-state index contributed by atoms with van der Waals surface area (Å²) in [7, 11) is 5.11. The van der Waals surface area contributed by atoms with Gasteiger partial charge in [0.2, 0.25) is 5.91 Å². The lowest BCUT2D eigenvalue weighted by Gasteiger charge is -2.25. The maximum Gasteiger partial charge on any atom is 0.241 e. The van der Waals surface area contributed by atoms with Gasteiger partial charge >= 0.3 is 0 Å². The Labute approximate surface area is 160 Å². The normalized spacial score (nSPS) is 11.6. The van der Waals surface area contributed by atoms with Gasteiger partial charge in [0.05, 0.1) is 31.9 Å². The lowest BCUT2D eigenvalue weighted by atomic mass is 10.1. The first-order chi connectivity index (χ1) is 12.9. The lowest BCUT2D eigenvalue weighted by molar-refractivity contribution is -0.120. The van der Waals surface area contributed by atoms with E-state index in [9.17, 15) is 4.79 Å². The Morgan fingerprint density at radius 2 is 1.89 bits per heavy atom. The molecule has 0 radical (unpaired) electrons. The first-order valence-electron chi connectivity index (χ1n) is 8.62. The van der Waals surface area contributed by atoms with Crippen molar-refractivity contribution in [1.82, 2.24) is 4.90 Å². The maximum absolute atomic E-state index is 12.6.